The normalized spacial score (nSPS) is 22.0. The lowest BCUT2D eigenvalue weighted by atomic mass is 9.70. The molecule has 1 aliphatic carbocycles. The molecule has 26 heavy (non-hydrogen) atoms. The third-order valence-electron chi connectivity index (χ3n) is 4.63. The molecule has 0 aromatic heterocycles. The molecule has 1 aromatic rings. The van der Waals surface area contributed by atoms with Gasteiger partial charge in [0, 0.05) is 22.9 Å². The van der Waals surface area contributed by atoms with E-state index in [0.717, 1.165) is 10.0 Å². The van der Waals surface area contributed by atoms with Crippen LogP contribution in [0, 0.1) is 5.41 Å². The van der Waals surface area contributed by atoms with E-state index in [-0.39, 0.29) is 29.3 Å². The number of allylic oxidation sites excluding steroid dienone is 2. The van der Waals surface area contributed by atoms with Crippen LogP contribution in [0.5, 0.6) is 0 Å². The summed E-state index contributed by atoms with van der Waals surface area (Å²) in [6.07, 6.45) is 0.991. The molecule has 0 fully saturated rings. The fourth-order valence-electron chi connectivity index (χ4n) is 3.61. The fraction of sp³-hybridized carbons (Fsp3) is 0.400. The number of hydrogen-bond donors (Lipinski definition) is 1. The predicted molar refractivity (Wildman–Crippen MR) is 101 cm³/mol. The summed E-state index contributed by atoms with van der Waals surface area (Å²) >= 11 is 3.46. The van der Waals surface area contributed by atoms with Gasteiger partial charge in [-0.2, -0.15) is 0 Å². The highest BCUT2D eigenvalue weighted by molar-refractivity contribution is 9.10. The maximum Gasteiger partial charge on any atom is 0.340 e. The average molecular weight is 420 g/mol. The van der Waals surface area contributed by atoms with Gasteiger partial charge in [-0.1, -0.05) is 41.9 Å². The number of ketones is 1. The Morgan fingerprint density at radius 1 is 1.38 bits per heavy atom. The Bertz CT molecular complexity index is 838. The van der Waals surface area contributed by atoms with Gasteiger partial charge >= 0.3 is 5.97 Å². The van der Waals surface area contributed by atoms with E-state index < -0.39 is 11.9 Å². The van der Waals surface area contributed by atoms with Crippen LogP contribution < -0.4 is 5.73 Å². The molecule has 2 aliphatic rings. The zero-order valence-electron chi connectivity index (χ0n) is 15.1. The SMILES string of the molecule is CCOC(=O)C1=C(N)OC2=C(C(=O)CC(C)(C)C2)[C@H]1c1cccc(Br)c1. The number of hydrogen-bond acceptors (Lipinski definition) is 5. The largest absolute Gasteiger partial charge is 0.462 e. The molecule has 138 valence electrons. The van der Waals surface area contributed by atoms with Gasteiger partial charge in [0.25, 0.3) is 0 Å². The quantitative estimate of drug-likeness (QED) is 0.750. The van der Waals surface area contributed by atoms with E-state index in [2.05, 4.69) is 15.9 Å². The van der Waals surface area contributed by atoms with Crippen molar-refractivity contribution in [2.24, 2.45) is 11.1 Å². The van der Waals surface area contributed by atoms with Crippen LogP contribution in [0.2, 0.25) is 0 Å². The molecular weight excluding hydrogens is 398 g/mol. The fourth-order valence-corrected chi connectivity index (χ4v) is 4.03. The van der Waals surface area contributed by atoms with Crippen LogP contribution in [0.4, 0.5) is 0 Å². The minimum absolute atomic E-state index is 0.0117. The lowest BCUT2D eigenvalue weighted by Gasteiger charge is -2.38. The molecule has 1 atom stereocenters. The Labute approximate surface area is 161 Å². The molecule has 0 radical (unpaired) electrons. The number of benzene rings is 1. The second kappa shape index (κ2) is 6.91. The summed E-state index contributed by atoms with van der Waals surface area (Å²) in [7, 11) is 0. The lowest BCUT2D eigenvalue weighted by Crippen LogP contribution is -2.35. The van der Waals surface area contributed by atoms with Gasteiger partial charge < -0.3 is 15.2 Å². The van der Waals surface area contributed by atoms with Gasteiger partial charge in [-0.15, -0.1) is 0 Å². The van der Waals surface area contributed by atoms with Crippen LogP contribution in [0.3, 0.4) is 0 Å². The molecule has 0 spiro atoms. The number of esters is 1. The molecule has 1 aromatic carbocycles. The van der Waals surface area contributed by atoms with Gasteiger partial charge in [0.15, 0.2) is 5.78 Å². The number of rotatable bonds is 3. The summed E-state index contributed by atoms with van der Waals surface area (Å²) in [6, 6.07) is 7.53. The minimum Gasteiger partial charge on any atom is -0.462 e. The van der Waals surface area contributed by atoms with Crippen molar-refractivity contribution in [1.82, 2.24) is 0 Å². The zero-order chi connectivity index (χ0) is 19.1. The van der Waals surface area contributed by atoms with Gasteiger partial charge in [-0.3, -0.25) is 4.79 Å². The van der Waals surface area contributed by atoms with Crippen molar-refractivity contribution in [3.63, 3.8) is 0 Å². The summed E-state index contributed by atoms with van der Waals surface area (Å²) in [5.74, 6) is -0.590. The van der Waals surface area contributed by atoms with Crippen molar-refractivity contribution in [2.75, 3.05) is 6.61 Å². The average Bonchev–Trinajstić information content (AvgIpc) is 2.52. The first kappa shape index (κ1) is 18.7. The molecule has 6 heteroatoms. The molecule has 0 bridgehead atoms. The summed E-state index contributed by atoms with van der Waals surface area (Å²) in [5, 5.41) is 0. The number of Topliss-reactive ketones (excluding diaryl/α,β-unsaturated/α-hetero) is 1. The van der Waals surface area contributed by atoms with Gasteiger partial charge in [0.2, 0.25) is 5.88 Å². The second-order valence-corrected chi connectivity index (χ2v) is 8.28. The van der Waals surface area contributed by atoms with E-state index in [1.54, 1.807) is 6.92 Å². The molecule has 3 rings (SSSR count). The van der Waals surface area contributed by atoms with E-state index in [1.807, 2.05) is 38.1 Å². The van der Waals surface area contributed by atoms with E-state index in [0.29, 0.717) is 24.2 Å². The van der Waals surface area contributed by atoms with Crippen LogP contribution in [-0.2, 0) is 19.1 Å². The van der Waals surface area contributed by atoms with E-state index in [4.69, 9.17) is 15.2 Å². The standard InChI is InChI=1S/C20H22BrNO4/c1-4-25-19(24)17-15(11-6-5-7-12(21)8-11)16-13(23)9-20(2,3)10-14(16)26-18(17)22/h5-8,15H,4,9-10,22H2,1-3H3/t15-/m1/s1. The molecule has 1 aliphatic heterocycles. The van der Waals surface area contributed by atoms with E-state index in [1.165, 1.54) is 0 Å². The Kier molecular flexibility index (Phi) is 4.97. The van der Waals surface area contributed by atoms with Crippen molar-refractivity contribution >= 4 is 27.7 Å². The highest BCUT2D eigenvalue weighted by Gasteiger charge is 2.45. The van der Waals surface area contributed by atoms with Crippen LogP contribution in [0.25, 0.3) is 0 Å². The number of carbonyl (C=O) groups excluding carboxylic acids is 2. The first-order valence-corrected chi connectivity index (χ1v) is 9.39. The highest BCUT2D eigenvalue weighted by atomic mass is 79.9. The van der Waals surface area contributed by atoms with Crippen LogP contribution in [0.15, 0.2) is 51.5 Å². The third kappa shape index (κ3) is 3.43. The Morgan fingerprint density at radius 3 is 2.77 bits per heavy atom. The van der Waals surface area contributed by atoms with E-state index >= 15 is 0 Å². The molecule has 1 heterocycles. The van der Waals surface area contributed by atoms with Gasteiger partial charge in [-0.05, 0) is 30.0 Å². The van der Waals surface area contributed by atoms with Crippen molar-refractivity contribution in [3.05, 3.63) is 57.1 Å². The Hall–Kier alpha value is -2.08. The molecule has 0 unspecified atom stereocenters. The van der Waals surface area contributed by atoms with Crippen molar-refractivity contribution in [1.29, 1.82) is 0 Å². The van der Waals surface area contributed by atoms with Crippen molar-refractivity contribution in [3.8, 4) is 0 Å². The molecule has 0 amide bonds. The molecule has 2 N–H and O–H groups in total. The molecular formula is C20H22BrNO4. The maximum absolute atomic E-state index is 13.0. The Morgan fingerprint density at radius 2 is 2.12 bits per heavy atom. The van der Waals surface area contributed by atoms with Gasteiger partial charge in [0.1, 0.15) is 11.3 Å². The predicted octanol–water partition coefficient (Wildman–Crippen LogP) is 3.94. The second-order valence-electron chi connectivity index (χ2n) is 7.37. The minimum atomic E-state index is -0.584. The maximum atomic E-state index is 13.0. The van der Waals surface area contributed by atoms with Crippen LogP contribution >= 0.6 is 15.9 Å². The number of nitrogens with two attached hydrogens (primary N) is 1. The van der Waals surface area contributed by atoms with E-state index in [9.17, 15) is 9.59 Å². The smallest absolute Gasteiger partial charge is 0.340 e. The molecule has 5 nitrogen and oxygen atoms in total. The van der Waals surface area contributed by atoms with Crippen molar-refractivity contribution < 1.29 is 19.1 Å². The number of halogens is 1. The molecule has 0 saturated carbocycles. The Balaban J connectivity index is 2.18. The first-order chi connectivity index (χ1) is 12.2. The summed E-state index contributed by atoms with van der Waals surface area (Å²) in [6.45, 7) is 5.99. The van der Waals surface area contributed by atoms with Crippen molar-refractivity contribution in [2.45, 2.75) is 39.5 Å². The summed E-state index contributed by atoms with van der Waals surface area (Å²) in [5.41, 5.74) is 7.41. The summed E-state index contributed by atoms with van der Waals surface area (Å²) < 4.78 is 11.8. The summed E-state index contributed by atoms with van der Waals surface area (Å²) in [4.78, 5) is 25.6. The van der Waals surface area contributed by atoms with Gasteiger partial charge in [0.05, 0.1) is 12.5 Å². The van der Waals surface area contributed by atoms with Gasteiger partial charge in [-0.25, -0.2) is 4.79 Å². The third-order valence-corrected chi connectivity index (χ3v) is 5.13. The lowest BCUT2D eigenvalue weighted by molar-refractivity contribution is -0.139. The molecule has 0 saturated heterocycles. The topological polar surface area (TPSA) is 78.6 Å². The monoisotopic (exact) mass is 419 g/mol. The van der Waals surface area contributed by atoms with Crippen LogP contribution in [0.1, 0.15) is 45.1 Å². The van der Waals surface area contributed by atoms with Crippen LogP contribution in [-0.4, -0.2) is 18.4 Å². The number of carbonyl (C=O) groups is 2. The highest BCUT2D eigenvalue weighted by Crippen LogP contribution is 2.48. The number of ether oxygens (including phenoxy) is 2. The first-order valence-electron chi connectivity index (χ1n) is 8.60. The zero-order valence-corrected chi connectivity index (χ0v) is 16.7.